The van der Waals surface area contributed by atoms with Crippen LogP contribution in [0.15, 0.2) is 0 Å². The molecule has 12 nitrogen and oxygen atoms in total. The third-order valence-electron chi connectivity index (χ3n) is 0. The van der Waals surface area contributed by atoms with E-state index in [9.17, 15) is 0 Å². The molecule has 33 heavy (non-hydrogen) atoms. The van der Waals surface area contributed by atoms with E-state index in [0.29, 0.717) is 0 Å². The van der Waals surface area contributed by atoms with Gasteiger partial charge in [-0.3, -0.25) is 0 Å². The molecule has 0 amide bonds. The van der Waals surface area contributed by atoms with Crippen LogP contribution < -0.4 is 0 Å². The van der Waals surface area contributed by atoms with Gasteiger partial charge in [-0.1, -0.05) is 22.3 Å². The molecular formula is C15H60O12Si6. The molecule has 0 radical (unpaired) electrons. The molecule has 0 unspecified atom stereocenters. The fourth-order valence-corrected chi connectivity index (χ4v) is 0. The Morgan fingerprint density at radius 3 is 0.273 bits per heavy atom. The van der Waals surface area contributed by atoms with Crippen molar-refractivity contribution in [3.05, 3.63) is 0 Å². The highest BCUT2D eigenvalue weighted by atomic mass is 28.4. The third kappa shape index (κ3) is 46200. The lowest BCUT2D eigenvalue weighted by molar-refractivity contribution is 0.237. The van der Waals surface area contributed by atoms with E-state index in [2.05, 4.69) is 0 Å². The van der Waals surface area contributed by atoms with Crippen molar-refractivity contribution in [1.29, 1.82) is 0 Å². The van der Waals surface area contributed by atoms with E-state index >= 15 is 0 Å². The molecule has 0 rings (SSSR count). The minimum Gasteiger partial charge on any atom is -0.433 e. The second-order valence-corrected chi connectivity index (χ2v) is 27.8. The highest BCUT2D eigenvalue weighted by Gasteiger charge is 2.15. The van der Waals surface area contributed by atoms with Crippen LogP contribution in [0.2, 0.25) is 78.6 Å². The van der Waals surface area contributed by atoms with Crippen LogP contribution in [0.5, 0.6) is 0 Å². The molecule has 0 aliphatic rings. The van der Waals surface area contributed by atoms with E-state index < -0.39 is 51.4 Å². The summed E-state index contributed by atoms with van der Waals surface area (Å²) in [5.41, 5.74) is 0. The van der Waals surface area contributed by atoms with Gasteiger partial charge in [0, 0.05) is 13.1 Å². The summed E-state index contributed by atoms with van der Waals surface area (Å²) in [6.07, 6.45) is 0. The van der Waals surface area contributed by atoms with E-state index in [1.807, 2.05) is 39.3 Å². The van der Waals surface area contributed by atoms with Gasteiger partial charge in [-0.15, -0.1) is 0 Å². The zero-order valence-electron chi connectivity index (χ0n) is 20.4. The average Bonchev–Trinajstić information content (AvgIpc) is 1.94. The standard InChI is InChI=1S/2C3H10OSi.2C2H8O2Si.2CH6O3Si.3CH4/c6*1-5(2,3)4;;;/h2*4H,1-3H3;2*3-4H,1-2H3;2*2-4H,1H3;3*1H4. The minimum atomic E-state index is -3.61. The lowest BCUT2D eigenvalue weighted by atomic mass is 11.8. The summed E-state index contributed by atoms with van der Waals surface area (Å²) in [7, 11) is -15.7. The lowest BCUT2D eigenvalue weighted by Crippen LogP contribution is -2.28. The fourth-order valence-electron chi connectivity index (χ4n) is 0. The molecule has 216 valence electrons. The summed E-state index contributed by atoms with van der Waals surface area (Å²) in [5.74, 6) is 0. The molecule has 0 fully saturated rings. The van der Waals surface area contributed by atoms with Crippen LogP contribution in [-0.4, -0.2) is 109 Å². The molecule has 0 saturated carbocycles. The van der Waals surface area contributed by atoms with Crippen molar-refractivity contribution in [2.24, 2.45) is 0 Å². The maximum Gasteiger partial charge on any atom is 0.489 e. The van der Waals surface area contributed by atoms with Crippen molar-refractivity contribution in [1.82, 2.24) is 0 Å². The summed E-state index contributed by atoms with van der Waals surface area (Å²) in [6.45, 7) is 19.0. The Morgan fingerprint density at radius 2 is 0.273 bits per heavy atom. The second kappa shape index (κ2) is 24.5. The van der Waals surface area contributed by atoms with Crippen LogP contribution in [0.1, 0.15) is 22.3 Å². The largest absolute Gasteiger partial charge is 0.489 e. The fraction of sp³-hybridized carbons (Fsp3) is 1.00. The zero-order chi connectivity index (χ0) is 27.0. The van der Waals surface area contributed by atoms with Gasteiger partial charge in [0.2, 0.25) is 0 Å². The van der Waals surface area contributed by atoms with Crippen LogP contribution in [-0.2, 0) is 0 Å². The Balaban J connectivity index is -0.0000000294. The predicted molar refractivity (Wildman–Crippen MR) is 152 cm³/mol. The van der Waals surface area contributed by atoms with Crippen molar-refractivity contribution in [2.45, 2.75) is 101 Å². The Labute approximate surface area is 209 Å². The molecule has 0 aromatic rings. The van der Waals surface area contributed by atoms with E-state index in [-0.39, 0.29) is 22.3 Å². The highest BCUT2D eigenvalue weighted by Crippen LogP contribution is 1.89. The van der Waals surface area contributed by atoms with Gasteiger partial charge in [-0.05, 0) is 65.5 Å². The highest BCUT2D eigenvalue weighted by molar-refractivity contribution is 6.68. The van der Waals surface area contributed by atoms with Gasteiger partial charge < -0.3 is 57.5 Å². The lowest BCUT2D eigenvalue weighted by Gasteiger charge is -2.00. The molecule has 0 atom stereocenters. The van der Waals surface area contributed by atoms with Crippen molar-refractivity contribution >= 4 is 51.4 Å². The van der Waals surface area contributed by atoms with Gasteiger partial charge in [0.1, 0.15) is 0 Å². The third-order valence-corrected chi connectivity index (χ3v) is 0. The van der Waals surface area contributed by atoms with Gasteiger partial charge in [-0.2, -0.15) is 0 Å². The van der Waals surface area contributed by atoms with Gasteiger partial charge >= 0.3 is 34.7 Å². The summed E-state index contributed by atoms with van der Waals surface area (Å²) >= 11 is 0. The molecule has 0 aliphatic heterocycles. The van der Waals surface area contributed by atoms with Crippen molar-refractivity contribution < 1.29 is 57.5 Å². The zero-order valence-corrected chi connectivity index (χ0v) is 26.4. The first kappa shape index (κ1) is 59.1. The van der Waals surface area contributed by atoms with Crippen molar-refractivity contribution in [3.8, 4) is 0 Å². The van der Waals surface area contributed by atoms with E-state index in [1.165, 1.54) is 26.2 Å². The van der Waals surface area contributed by atoms with Crippen LogP contribution in [0, 0.1) is 0 Å². The molecule has 12 N–H and O–H groups in total. The first-order valence-corrected chi connectivity index (χ1v) is 26.0. The molecule has 0 saturated heterocycles. The van der Waals surface area contributed by atoms with Crippen LogP contribution in [0.25, 0.3) is 0 Å². The Hall–Kier alpha value is 0.821. The van der Waals surface area contributed by atoms with E-state index in [1.54, 1.807) is 0 Å². The maximum absolute atomic E-state index is 8.66. The second-order valence-electron chi connectivity index (χ2n) is 9.27. The normalized spacial score (nSPS) is 10.9. The van der Waals surface area contributed by atoms with E-state index in [0.717, 1.165) is 13.1 Å². The quantitative estimate of drug-likeness (QED) is 0.164. The van der Waals surface area contributed by atoms with Gasteiger partial charge in [0.15, 0.2) is 16.6 Å². The first-order valence-electron chi connectivity index (χ1n) is 8.68. The van der Waals surface area contributed by atoms with E-state index in [4.69, 9.17) is 57.5 Å². The Morgan fingerprint density at radius 1 is 0.273 bits per heavy atom. The van der Waals surface area contributed by atoms with Crippen molar-refractivity contribution in [3.63, 3.8) is 0 Å². The smallest absolute Gasteiger partial charge is 0.433 e. The van der Waals surface area contributed by atoms with Crippen LogP contribution >= 0.6 is 0 Å². The molecule has 0 heterocycles. The first-order chi connectivity index (χ1) is 12.0. The molecule has 0 spiro atoms. The summed E-state index contributed by atoms with van der Waals surface area (Å²) in [5, 5.41) is 0. The molecule has 0 aromatic heterocycles. The Kier molecular flexibility index (Phi) is 43.9. The molecule has 0 aliphatic carbocycles. The monoisotopic (exact) mass is 600 g/mol. The molecule has 0 aromatic carbocycles. The average molecular weight is 601 g/mol. The predicted octanol–water partition coefficient (Wildman–Crippen LogP) is -0.0549. The van der Waals surface area contributed by atoms with Gasteiger partial charge in [-0.25, -0.2) is 0 Å². The van der Waals surface area contributed by atoms with Gasteiger partial charge in [0.05, 0.1) is 0 Å². The number of hydrogen-bond donors (Lipinski definition) is 12. The summed E-state index contributed by atoms with van der Waals surface area (Å²) in [4.78, 5) is 96.8. The number of rotatable bonds is 0. The number of hydrogen-bond acceptors (Lipinski definition) is 12. The summed E-state index contributed by atoms with van der Waals surface area (Å²) < 4.78 is 0. The van der Waals surface area contributed by atoms with Crippen molar-refractivity contribution in [2.75, 3.05) is 0 Å². The molecule has 18 heteroatoms. The topological polar surface area (TPSA) is 243 Å². The van der Waals surface area contributed by atoms with Gasteiger partial charge in [0.25, 0.3) is 0 Å². The summed E-state index contributed by atoms with van der Waals surface area (Å²) in [6, 6.07) is 0. The van der Waals surface area contributed by atoms with Crippen LogP contribution in [0.4, 0.5) is 0 Å². The maximum atomic E-state index is 8.66. The molecule has 0 bridgehead atoms. The SMILES string of the molecule is C.C.C.C[Si](C)(C)O.C[Si](C)(C)O.C[Si](C)(O)O.C[Si](C)(O)O.C[Si](O)(O)O.C[Si](O)(O)O. The molecular weight excluding hydrogens is 541 g/mol. The van der Waals surface area contributed by atoms with Crippen LogP contribution in [0.3, 0.4) is 0 Å². The minimum absolute atomic E-state index is 0. The Bertz CT molecular complexity index is 235.